The Labute approximate surface area is 125 Å². The number of ether oxygens (including phenoxy) is 2. The minimum atomic E-state index is -1.22. The quantitative estimate of drug-likeness (QED) is 0.601. The topological polar surface area (TPSA) is 93.1 Å². The maximum absolute atomic E-state index is 11.5. The van der Waals surface area contributed by atoms with Crippen molar-refractivity contribution in [3.63, 3.8) is 0 Å². The molecule has 0 aromatic heterocycles. The minimum Gasteiger partial charge on any atom is -0.478 e. The van der Waals surface area contributed by atoms with Crippen LogP contribution in [-0.4, -0.2) is 47.6 Å². The van der Waals surface area contributed by atoms with Gasteiger partial charge in [0.05, 0.1) is 12.2 Å². The van der Waals surface area contributed by atoms with Gasteiger partial charge in [-0.2, -0.15) is 0 Å². The average Bonchev–Trinajstić information content (AvgIpc) is 2.37. The first kappa shape index (κ1) is 19.3. The lowest BCUT2D eigenvalue weighted by atomic mass is 9.94. The first-order valence-electron chi connectivity index (χ1n) is 6.86. The number of carboxylic acid groups (broad SMARTS) is 2. The molecule has 2 unspecified atom stereocenters. The fourth-order valence-electron chi connectivity index (χ4n) is 2.09. The SMILES string of the molecule is C=C(CC(C(=O)O)=C(C(C)OCC)C(C)OCC)C(=O)O. The van der Waals surface area contributed by atoms with Crippen molar-refractivity contribution in [2.75, 3.05) is 13.2 Å². The molecule has 0 fully saturated rings. The van der Waals surface area contributed by atoms with E-state index < -0.39 is 24.1 Å². The van der Waals surface area contributed by atoms with E-state index in [1.54, 1.807) is 27.7 Å². The molecule has 2 atom stereocenters. The number of carboxylic acids is 2. The summed E-state index contributed by atoms with van der Waals surface area (Å²) in [5, 5.41) is 18.3. The van der Waals surface area contributed by atoms with Gasteiger partial charge in [0.15, 0.2) is 0 Å². The van der Waals surface area contributed by atoms with E-state index in [9.17, 15) is 14.7 Å². The number of rotatable bonds is 10. The molecule has 0 saturated heterocycles. The second-order valence-corrected chi connectivity index (χ2v) is 4.52. The summed E-state index contributed by atoms with van der Waals surface area (Å²) in [7, 11) is 0. The smallest absolute Gasteiger partial charge is 0.332 e. The second kappa shape index (κ2) is 9.31. The Hall–Kier alpha value is -1.66. The number of carbonyl (C=O) groups is 2. The van der Waals surface area contributed by atoms with Gasteiger partial charge in [0.1, 0.15) is 0 Å². The van der Waals surface area contributed by atoms with Crippen LogP contribution in [0.5, 0.6) is 0 Å². The normalized spacial score (nSPS) is 13.3. The Morgan fingerprint density at radius 2 is 1.43 bits per heavy atom. The highest BCUT2D eigenvalue weighted by atomic mass is 16.5. The third kappa shape index (κ3) is 6.10. The molecule has 0 saturated carbocycles. The van der Waals surface area contributed by atoms with Crippen molar-refractivity contribution >= 4 is 11.9 Å². The summed E-state index contributed by atoms with van der Waals surface area (Å²) in [5.74, 6) is -2.41. The van der Waals surface area contributed by atoms with Crippen molar-refractivity contribution in [1.29, 1.82) is 0 Å². The van der Waals surface area contributed by atoms with E-state index in [0.717, 1.165) is 0 Å². The number of hydrogen-bond acceptors (Lipinski definition) is 4. The van der Waals surface area contributed by atoms with Crippen LogP contribution in [0.1, 0.15) is 34.1 Å². The monoisotopic (exact) mass is 300 g/mol. The Morgan fingerprint density at radius 3 is 1.71 bits per heavy atom. The molecule has 0 heterocycles. The van der Waals surface area contributed by atoms with Crippen LogP contribution in [0.25, 0.3) is 0 Å². The molecular formula is C15H24O6. The van der Waals surface area contributed by atoms with Crippen molar-refractivity contribution in [3.05, 3.63) is 23.3 Å². The molecule has 0 amide bonds. The first-order chi connectivity index (χ1) is 9.76. The molecule has 21 heavy (non-hydrogen) atoms. The van der Waals surface area contributed by atoms with Gasteiger partial charge < -0.3 is 19.7 Å². The van der Waals surface area contributed by atoms with Crippen molar-refractivity contribution in [2.45, 2.75) is 46.3 Å². The number of hydrogen-bond donors (Lipinski definition) is 2. The second-order valence-electron chi connectivity index (χ2n) is 4.52. The van der Waals surface area contributed by atoms with Crippen LogP contribution >= 0.6 is 0 Å². The third-order valence-electron chi connectivity index (χ3n) is 3.01. The van der Waals surface area contributed by atoms with Crippen LogP contribution in [0.3, 0.4) is 0 Å². The lowest BCUT2D eigenvalue weighted by molar-refractivity contribution is -0.133. The zero-order valence-electron chi connectivity index (χ0n) is 13.0. The van der Waals surface area contributed by atoms with E-state index in [1.165, 1.54) is 0 Å². The van der Waals surface area contributed by atoms with E-state index in [2.05, 4.69) is 6.58 Å². The molecular weight excluding hydrogens is 276 g/mol. The summed E-state index contributed by atoms with van der Waals surface area (Å²) < 4.78 is 10.9. The standard InChI is InChI=1S/C15H24O6/c1-6-20-10(4)13(11(5)21-7-2)12(15(18)19)8-9(3)14(16)17/h10-11H,3,6-8H2,1-2,4-5H3,(H,16,17)(H,18,19). The molecule has 2 N–H and O–H groups in total. The number of aliphatic carboxylic acids is 2. The van der Waals surface area contributed by atoms with Crippen LogP contribution in [0.4, 0.5) is 0 Å². The van der Waals surface area contributed by atoms with Crippen molar-refractivity contribution < 1.29 is 29.3 Å². The zero-order valence-corrected chi connectivity index (χ0v) is 13.0. The Kier molecular flexibility index (Phi) is 8.57. The summed E-state index contributed by atoms with van der Waals surface area (Å²) in [6.45, 7) is 11.3. The molecule has 0 radical (unpaired) electrons. The summed E-state index contributed by atoms with van der Waals surface area (Å²) >= 11 is 0. The van der Waals surface area contributed by atoms with E-state index >= 15 is 0 Å². The predicted molar refractivity (Wildman–Crippen MR) is 78.2 cm³/mol. The van der Waals surface area contributed by atoms with E-state index in [-0.39, 0.29) is 17.6 Å². The molecule has 0 aliphatic heterocycles. The van der Waals surface area contributed by atoms with Gasteiger partial charge in [0, 0.05) is 30.8 Å². The maximum Gasteiger partial charge on any atom is 0.332 e. The molecule has 0 rings (SSSR count). The van der Waals surface area contributed by atoms with Crippen LogP contribution in [0, 0.1) is 0 Å². The van der Waals surface area contributed by atoms with Gasteiger partial charge in [-0.15, -0.1) is 0 Å². The summed E-state index contributed by atoms with van der Waals surface area (Å²) in [4.78, 5) is 22.4. The molecule has 0 aliphatic carbocycles. The van der Waals surface area contributed by atoms with Crippen LogP contribution in [0.2, 0.25) is 0 Å². The molecule has 6 nitrogen and oxygen atoms in total. The van der Waals surface area contributed by atoms with Gasteiger partial charge in [-0.05, 0) is 33.3 Å². The predicted octanol–water partition coefficient (Wildman–Crippen LogP) is 2.25. The van der Waals surface area contributed by atoms with Gasteiger partial charge in [-0.3, -0.25) is 0 Å². The largest absolute Gasteiger partial charge is 0.478 e. The highest BCUT2D eigenvalue weighted by Crippen LogP contribution is 2.24. The molecule has 0 bridgehead atoms. The molecule has 0 aliphatic rings. The Balaban J connectivity index is 5.73. The maximum atomic E-state index is 11.5. The minimum absolute atomic E-state index is 0.0377. The molecule has 6 heteroatoms. The van der Waals surface area contributed by atoms with Gasteiger partial charge in [0.25, 0.3) is 0 Å². The molecule has 0 aromatic rings. The summed E-state index contributed by atoms with van der Waals surface area (Å²) in [6.07, 6.45) is -1.22. The molecule has 0 spiro atoms. The highest BCUT2D eigenvalue weighted by Gasteiger charge is 2.26. The van der Waals surface area contributed by atoms with Gasteiger partial charge in [0.2, 0.25) is 0 Å². The fourth-order valence-corrected chi connectivity index (χ4v) is 2.09. The lowest BCUT2D eigenvalue weighted by Crippen LogP contribution is -2.27. The van der Waals surface area contributed by atoms with Gasteiger partial charge >= 0.3 is 11.9 Å². The average molecular weight is 300 g/mol. The molecule has 0 aromatic carbocycles. The lowest BCUT2D eigenvalue weighted by Gasteiger charge is -2.24. The summed E-state index contributed by atoms with van der Waals surface area (Å²) in [5.41, 5.74) is 0.218. The Morgan fingerprint density at radius 1 is 1.00 bits per heavy atom. The fraction of sp³-hybridized carbons (Fsp3) is 0.600. The highest BCUT2D eigenvalue weighted by molar-refractivity contribution is 5.93. The van der Waals surface area contributed by atoms with Crippen LogP contribution < -0.4 is 0 Å². The van der Waals surface area contributed by atoms with Crippen LogP contribution in [0.15, 0.2) is 23.3 Å². The zero-order chi connectivity index (χ0) is 16.6. The third-order valence-corrected chi connectivity index (χ3v) is 3.01. The van der Waals surface area contributed by atoms with Crippen molar-refractivity contribution in [2.24, 2.45) is 0 Å². The summed E-state index contributed by atoms with van der Waals surface area (Å²) in [6, 6.07) is 0. The van der Waals surface area contributed by atoms with E-state index in [4.69, 9.17) is 14.6 Å². The van der Waals surface area contributed by atoms with E-state index in [0.29, 0.717) is 18.8 Å². The Bertz CT molecular complexity index is 410. The van der Waals surface area contributed by atoms with Gasteiger partial charge in [-0.25, -0.2) is 9.59 Å². The first-order valence-corrected chi connectivity index (χ1v) is 6.86. The molecule has 120 valence electrons. The van der Waals surface area contributed by atoms with E-state index in [1.807, 2.05) is 0 Å². The van der Waals surface area contributed by atoms with Crippen molar-refractivity contribution in [3.8, 4) is 0 Å². The van der Waals surface area contributed by atoms with Gasteiger partial charge in [-0.1, -0.05) is 6.58 Å². The van der Waals surface area contributed by atoms with Crippen molar-refractivity contribution in [1.82, 2.24) is 0 Å². The van der Waals surface area contributed by atoms with Crippen LogP contribution in [-0.2, 0) is 19.1 Å².